The van der Waals surface area contributed by atoms with Gasteiger partial charge in [-0.25, -0.2) is 4.39 Å². The van der Waals surface area contributed by atoms with Gasteiger partial charge >= 0.3 is 0 Å². The summed E-state index contributed by atoms with van der Waals surface area (Å²) in [5, 5.41) is 3.30. The minimum absolute atomic E-state index is 0.114. The normalized spacial score (nSPS) is 17.4. The highest BCUT2D eigenvalue weighted by molar-refractivity contribution is 9.10. The molecule has 4 heteroatoms. The van der Waals surface area contributed by atoms with Crippen molar-refractivity contribution >= 4 is 15.9 Å². The van der Waals surface area contributed by atoms with Gasteiger partial charge < -0.3 is 10.1 Å². The van der Waals surface area contributed by atoms with Crippen molar-refractivity contribution in [1.82, 2.24) is 5.32 Å². The Balaban J connectivity index is 2.29. The van der Waals surface area contributed by atoms with Gasteiger partial charge in [-0.15, -0.1) is 0 Å². The molecule has 1 fully saturated rings. The second kappa shape index (κ2) is 5.94. The van der Waals surface area contributed by atoms with E-state index in [4.69, 9.17) is 4.74 Å². The first-order valence-corrected chi connectivity index (χ1v) is 6.69. The van der Waals surface area contributed by atoms with Crippen LogP contribution in [-0.4, -0.2) is 20.2 Å². The molecule has 0 amide bonds. The van der Waals surface area contributed by atoms with Gasteiger partial charge in [-0.05, 0) is 65.0 Å². The Hall–Kier alpha value is -0.450. The van der Waals surface area contributed by atoms with Crippen LogP contribution in [0.5, 0.6) is 0 Å². The lowest BCUT2D eigenvalue weighted by Gasteiger charge is -2.24. The predicted octanol–water partition coefficient (Wildman–Crippen LogP) is 3.20. The molecule has 94 valence electrons. The molecule has 0 aliphatic carbocycles. The molecule has 1 aromatic carbocycles. The summed E-state index contributed by atoms with van der Waals surface area (Å²) in [6, 6.07) is 3.74. The van der Waals surface area contributed by atoms with Crippen LogP contribution in [0.1, 0.15) is 29.9 Å². The van der Waals surface area contributed by atoms with E-state index in [0.717, 1.165) is 37.1 Å². The van der Waals surface area contributed by atoms with E-state index in [0.29, 0.717) is 17.0 Å². The van der Waals surface area contributed by atoms with Gasteiger partial charge in [0.1, 0.15) is 5.82 Å². The Morgan fingerprint density at radius 1 is 1.41 bits per heavy atom. The maximum absolute atomic E-state index is 14.1. The molecule has 17 heavy (non-hydrogen) atoms. The second-order valence-corrected chi connectivity index (χ2v) is 5.29. The summed E-state index contributed by atoms with van der Waals surface area (Å²) in [4.78, 5) is 0. The SMILES string of the molecule is COCc1cc(Br)c(F)c(C2CCNCC2)c1. The zero-order valence-electron chi connectivity index (χ0n) is 9.93. The molecule has 0 atom stereocenters. The molecular weight excluding hydrogens is 285 g/mol. The zero-order valence-corrected chi connectivity index (χ0v) is 11.5. The number of piperidine rings is 1. The van der Waals surface area contributed by atoms with Gasteiger partial charge in [-0.2, -0.15) is 0 Å². The molecular formula is C13H17BrFNO. The summed E-state index contributed by atoms with van der Waals surface area (Å²) >= 11 is 3.29. The van der Waals surface area contributed by atoms with Crippen LogP contribution < -0.4 is 5.32 Å². The lowest BCUT2D eigenvalue weighted by Crippen LogP contribution is -2.27. The van der Waals surface area contributed by atoms with Crippen molar-refractivity contribution in [2.75, 3.05) is 20.2 Å². The molecule has 1 aliphatic rings. The van der Waals surface area contributed by atoms with Crippen molar-refractivity contribution in [3.8, 4) is 0 Å². The van der Waals surface area contributed by atoms with Crippen molar-refractivity contribution < 1.29 is 9.13 Å². The number of halogens is 2. The van der Waals surface area contributed by atoms with Gasteiger partial charge in [-0.1, -0.05) is 6.07 Å². The third kappa shape index (κ3) is 3.06. The van der Waals surface area contributed by atoms with Gasteiger partial charge in [0.05, 0.1) is 11.1 Å². The highest BCUT2D eigenvalue weighted by Gasteiger charge is 2.20. The van der Waals surface area contributed by atoms with Crippen LogP contribution in [0.4, 0.5) is 4.39 Å². The van der Waals surface area contributed by atoms with Crippen molar-refractivity contribution in [3.63, 3.8) is 0 Å². The van der Waals surface area contributed by atoms with Crippen LogP contribution in [-0.2, 0) is 11.3 Å². The topological polar surface area (TPSA) is 21.3 Å². The fourth-order valence-electron chi connectivity index (χ4n) is 2.35. The fraction of sp³-hybridized carbons (Fsp3) is 0.538. The van der Waals surface area contributed by atoms with Gasteiger partial charge in [0, 0.05) is 7.11 Å². The predicted molar refractivity (Wildman–Crippen MR) is 69.7 cm³/mol. The summed E-state index contributed by atoms with van der Waals surface area (Å²) in [5.41, 5.74) is 1.85. The molecule has 0 spiro atoms. The van der Waals surface area contributed by atoms with E-state index < -0.39 is 0 Å². The third-order valence-corrected chi connectivity index (χ3v) is 3.78. The first-order valence-electron chi connectivity index (χ1n) is 5.90. The summed E-state index contributed by atoms with van der Waals surface area (Å²) in [7, 11) is 1.65. The Kier molecular flexibility index (Phi) is 4.54. The quantitative estimate of drug-likeness (QED) is 0.926. The molecule has 2 rings (SSSR count). The highest BCUT2D eigenvalue weighted by Crippen LogP contribution is 2.32. The number of hydrogen-bond donors (Lipinski definition) is 1. The van der Waals surface area contributed by atoms with Gasteiger partial charge in [0.25, 0.3) is 0 Å². The van der Waals surface area contributed by atoms with E-state index >= 15 is 0 Å². The molecule has 0 radical (unpaired) electrons. The molecule has 1 aromatic rings. The first kappa shape index (κ1) is 13.0. The van der Waals surface area contributed by atoms with Crippen molar-refractivity contribution in [2.24, 2.45) is 0 Å². The maximum Gasteiger partial charge on any atom is 0.140 e. The molecule has 0 saturated carbocycles. The Morgan fingerprint density at radius 2 is 2.12 bits per heavy atom. The largest absolute Gasteiger partial charge is 0.380 e. The number of nitrogens with one attached hydrogen (secondary N) is 1. The highest BCUT2D eigenvalue weighted by atomic mass is 79.9. The fourth-order valence-corrected chi connectivity index (χ4v) is 2.87. The molecule has 2 nitrogen and oxygen atoms in total. The van der Waals surface area contributed by atoms with Crippen molar-refractivity contribution in [1.29, 1.82) is 0 Å². The molecule has 1 saturated heterocycles. The number of ether oxygens (including phenoxy) is 1. The van der Waals surface area contributed by atoms with E-state index in [1.807, 2.05) is 6.07 Å². The third-order valence-electron chi connectivity index (χ3n) is 3.21. The van der Waals surface area contributed by atoms with Gasteiger partial charge in [0.2, 0.25) is 0 Å². The number of methoxy groups -OCH3 is 1. The van der Waals surface area contributed by atoms with E-state index in [-0.39, 0.29) is 5.82 Å². The lowest BCUT2D eigenvalue weighted by atomic mass is 9.89. The Labute approximate surface area is 110 Å². The minimum Gasteiger partial charge on any atom is -0.380 e. The smallest absolute Gasteiger partial charge is 0.140 e. The lowest BCUT2D eigenvalue weighted by molar-refractivity contribution is 0.184. The molecule has 1 aliphatic heterocycles. The number of hydrogen-bond acceptors (Lipinski definition) is 2. The average molecular weight is 302 g/mol. The number of benzene rings is 1. The van der Waals surface area contributed by atoms with Gasteiger partial charge in [-0.3, -0.25) is 0 Å². The van der Waals surface area contributed by atoms with E-state index in [1.165, 1.54) is 0 Å². The van der Waals surface area contributed by atoms with E-state index in [9.17, 15) is 4.39 Å². The second-order valence-electron chi connectivity index (χ2n) is 4.44. The molecule has 0 aromatic heterocycles. The van der Waals surface area contributed by atoms with Crippen molar-refractivity contribution in [2.45, 2.75) is 25.4 Å². The van der Waals surface area contributed by atoms with Crippen LogP contribution in [0.25, 0.3) is 0 Å². The van der Waals surface area contributed by atoms with Crippen LogP contribution in [0.3, 0.4) is 0 Å². The summed E-state index contributed by atoms with van der Waals surface area (Å²) < 4.78 is 19.8. The molecule has 0 bridgehead atoms. The van der Waals surface area contributed by atoms with E-state index in [1.54, 1.807) is 13.2 Å². The summed E-state index contributed by atoms with van der Waals surface area (Å²) in [6.07, 6.45) is 2.00. The number of rotatable bonds is 3. The molecule has 1 N–H and O–H groups in total. The van der Waals surface area contributed by atoms with Gasteiger partial charge in [0.15, 0.2) is 0 Å². The van der Waals surface area contributed by atoms with Crippen molar-refractivity contribution in [3.05, 3.63) is 33.5 Å². The Bertz CT molecular complexity index is 391. The molecule has 1 heterocycles. The van der Waals surface area contributed by atoms with Crippen LogP contribution in [0, 0.1) is 5.82 Å². The summed E-state index contributed by atoms with van der Waals surface area (Å²) in [5.74, 6) is 0.209. The molecule has 0 unspecified atom stereocenters. The maximum atomic E-state index is 14.1. The monoisotopic (exact) mass is 301 g/mol. The summed E-state index contributed by atoms with van der Waals surface area (Å²) in [6.45, 7) is 2.46. The Morgan fingerprint density at radius 3 is 2.76 bits per heavy atom. The standard InChI is InChI=1S/C13H17BrFNO/c1-17-8-9-6-11(13(15)12(14)7-9)10-2-4-16-5-3-10/h6-7,10,16H,2-5,8H2,1H3. The van der Waals surface area contributed by atoms with E-state index in [2.05, 4.69) is 21.2 Å². The average Bonchev–Trinajstić information content (AvgIpc) is 2.35. The first-order chi connectivity index (χ1) is 8.22. The van der Waals surface area contributed by atoms with Crippen LogP contribution in [0.2, 0.25) is 0 Å². The minimum atomic E-state index is -0.114. The van der Waals surface area contributed by atoms with Crippen LogP contribution >= 0.6 is 15.9 Å². The zero-order chi connectivity index (χ0) is 12.3. The van der Waals surface area contributed by atoms with Crippen LogP contribution in [0.15, 0.2) is 16.6 Å².